The predicted molar refractivity (Wildman–Crippen MR) is 112 cm³/mol. The summed E-state index contributed by atoms with van der Waals surface area (Å²) in [7, 11) is 0. The molecule has 2 atom stereocenters. The molecule has 0 aliphatic heterocycles. The zero-order valence-corrected chi connectivity index (χ0v) is 18.2. The highest BCUT2D eigenvalue weighted by Gasteiger charge is 2.29. The average Bonchev–Trinajstić information content (AvgIpc) is 2.68. The number of hydrogen-bond donors (Lipinski definition) is 2. The number of alkyl carbamates (subject to hydrolysis) is 2. The van der Waals surface area contributed by atoms with Gasteiger partial charge < -0.3 is 24.8 Å². The van der Waals surface area contributed by atoms with Crippen molar-refractivity contribution in [2.75, 3.05) is 13.2 Å². The Morgan fingerprint density at radius 3 is 2.29 bits per heavy atom. The van der Waals surface area contributed by atoms with Crippen molar-refractivity contribution in [3.8, 4) is 0 Å². The van der Waals surface area contributed by atoms with Crippen LogP contribution in [0.3, 0.4) is 0 Å². The molecule has 0 aliphatic carbocycles. The topological polar surface area (TPSA) is 152 Å². The summed E-state index contributed by atoms with van der Waals surface area (Å²) >= 11 is 0. The maximum Gasteiger partial charge on any atom is 0.407 e. The lowest BCUT2D eigenvalue weighted by Gasteiger charge is -2.28. The van der Waals surface area contributed by atoms with Gasteiger partial charge in [-0.05, 0) is 38.8 Å². The Kier molecular flexibility index (Phi) is 10.7. The molecule has 0 fully saturated rings. The van der Waals surface area contributed by atoms with Crippen LogP contribution in [0.2, 0.25) is 0 Å². The molecule has 0 aromatic heterocycles. The van der Waals surface area contributed by atoms with E-state index in [-0.39, 0.29) is 26.2 Å². The summed E-state index contributed by atoms with van der Waals surface area (Å²) < 4.78 is 15.4. The van der Waals surface area contributed by atoms with Crippen LogP contribution in [-0.2, 0) is 25.6 Å². The fourth-order valence-electron chi connectivity index (χ4n) is 2.47. The minimum atomic E-state index is -0.972. The third kappa shape index (κ3) is 11.3. The number of nitrogens with one attached hydrogen (secondary N) is 2. The molecule has 0 saturated carbocycles. The van der Waals surface area contributed by atoms with Gasteiger partial charge in [-0.15, -0.1) is 0 Å². The Balaban J connectivity index is 2.92. The van der Waals surface area contributed by atoms with Crippen LogP contribution in [0, 0.1) is 0 Å². The number of amides is 2. The molecule has 0 saturated heterocycles. The smallest absolute Gasteiger partial charge is 0.407 e. The molecule has 1 aromatic rings. The van der Waals surface area contributed by atoms with Crippen LogP contribution in [-0.4, -0.2) is 49.0 Å². The van der Waals surface area contributed by atoms with E-state index in [1.54, 1.807) is 52.0 Å². The number of ether oxygens (including phenoxy) is 3. The van der Waals surface area contributed by atoms with Gasteiger partial charge in [-0.3, -0.25) is 4.79 Å². The first-order valence-electron chi connectivity index (χ1n) is 9.77. The molecule has 2 N–H and O–H groups in total. The molecular weight excluding hydrogens is 406 g/mol. The molecule has 31 heavy (non-hydrogen) atoms. The lowest BCUT2D eigenvalue weighted by atomic mass is 10.1. The number of esters is 1. The van der Waals surface area contributed by atoms with Crippen LogP contribution < -0.4 is 10.6 Å². The zero-order chi connectivity index (χ0) is 23.3. The highest BCUT2D eigenvalue weighted by atomic mass is 16.6. The molecule has 0 spiro atoms. The first kappa shape index (κ1) is 25.6. The van der Waals surface area contributed by atoms with Crippen LogP contribution in [0.1, 0.15) is 39.7 Å². The Labute approximate surface area is 181 Å². The lowest BCUT2D eigenvalue weighted by Crippen LogP contribution is -2.55. The average molecular weight is 435 g/mol. The number of carbonyl (C=O) groups is 3. The fourth-order valence-corrected chi connectivity index (χ4v) is 2.47. The van der Waals surface area contributed by atoms with Crippen molar-refractivity contribution < 1.29 is 28.6 Å². The number of benzene rings is 1. The van der Waals surface area contributed by atoms with Gasteiger partial charge in [0.15, 0.2) is 0 Å². The van der Waals surface area contributed by atoms with Crippen molar-refractivity contribution in [1.29, 1.82) is 0 Å². The second kappa shape index (κ2) is 13.0. The van der Waals surface area contributed by atoms with Crippen LogP contribution in [0.15, 0.2) is 35.4 Å². The van der Waals surface area contributed by atoms with E-state index in [0.717, 1.165) is 5.56 Å². The van der Waals surface area contributed by atoms with E-state index >= 15 is 0 Å². The van der Waals surface area contributed by atoms with E-state index in [1.165, 1.54) is 0 Å². The summed E-state index contributed by atoms with van der Waals surface area (Å²) in [6, 6.07) is 7.11. The molecule has 2 amide bonds. The van der Waals surface area contributed by atoms with Crippen molar-refractivity contribution in [2.24, 2.45) is 5.11 Å². The molecule has 1 rings (SSSR count). The highest BCUT2D eigenvalue weighted by Crippen LogP contribution is 2.10. The first-order chi connectivity index (χ1) is 14.6. The van der Waals surface area contributed by atoms with Gasteiger partial charge in [0.25, 0.3) is 0 Å². The molecule has 1 aromatic carbocycles. The summed E-state index contributed by atoms with van der Waals surface area (Å²) in [5.41, 5.74) is 8.69. The molecule has 0 heterocycles. The lowest BCUT2D eigenvalue weighted by molar-refractivity contribution is -0.143. The van der Waals surface area contributed by atoms with Crippen LogP contribution in [0.4, 0.5) is 9.59 Å². The van der Waals surface area contributed by atoms with Gasteiger partial charge in [0, 0.05) is 11.5 Å². The van der Waals surface area contributed by atoms with Gasteiger partial charge in [0.05, 0.1) is 25.1 Å². The van der Waals surface area contributed by atoms with E-state index in [0.29, 0.717) is 0 Å². The van der Waals surface area contributed by atoms with Crippen molar-refractivity contribution in [2.45, 2.75) is 58.4 Å². The number of nitrogens with zero attached hydrogens (tertiary/aromatic N) is 3. The molecule has 0 aliphatic rings. The summed E-state index contributed by atoms with van der Waals surface area (Å²) in [5.74, 6) is -0.604. The summed E-state index contributed by atoms with van der Waals surface area (Å²) in [4.78, 5) is 39.3. The minimum absolute atomic E-state index is 0.0132. The van der Waals surface area contributed by atoms with Crippen molar-refractivity contribution in [3.05, 3.63) is 46.3 Å². The van der Waals surface area contributed by atoms with Crippen molar-refractivity contribution in [3.63, 3.8) is 0 Å². The zero-order valence-electron chi connectivity index (χ0n) is 18.2. The minimum Gasteiger partial charge on any atom is -0.466 e. The second-order valence-corrected chi connectivity index (χ2v) is 7.49. The van der Waals surface area contributed by atoms with Crippen LogP contribution in [0.25, 0.3) is 10.4 Å². The standard InChI is InChI=1S/C20H29N5O6/c1-5-29-17(26)11-15(23-18(27)30-13-14-9-7-6-8-10-14)16(12-22-25-21)24-19(28)31-20(2,3)4/h6-10,15-16H,5,11-13H2,1-4H3,(H,23,27)(H,24,28)/t15-,16+/m1/s1. The monoisotopic (exact) mass is 435 g/mol. The number of azide groups is 1. The molecule has 11 nitrogen and oxygen atoms in total. The van der Waals surface area contributed by atoms with E-state index < -0.39 is 35.8 Å². The Morgan fingerprint density at radius 1 is 1.06 bits per heavy atom. The van der Waals surface area contributed by atoms with E-state index in [9.17, 15) is 14.4 Å². The fraction of sp³-hybridized carbons (Fsp3) is 0.550. The van der Waals surface area contributed by atoms with Crippen LogP contribution >= 0.6 is 0 Å². The van der Waals surface area contributed by atoms with Gasteiger partial charge in [-0.1, -0.05) is 35.4 Å². The van der Waals surface area contributed by atoms with Gasteiger partial charge in [0.1, 0.15) is 12.2 Å². The third-order valence-electron chi connectivity index (χ3n) is 3.74. The number of rotatable bonds is 10. The highest BCUT2D eigenvalue weighted by molar-refractivity contribution is 5.74. The molecule has 0 radical (unpaired) electrons. The predicted octanol–water partition coefficient (Wildman–Crippen LogP) is 3.44. The van der Waals surface area contributed by atoms with Gasteiger partial charge in [-0.2, -0.15) is 0 Å². The quantitative estimate of drug-likeness (QED) is 0.189. The van der Waals surface area contributed by atoms with E-state index in [2.05, 4.69) is 20.7 Å². The first-order valence-corrected chi connectivity index (χ1v) is 9.77. The molecule has 0 unspecified atom stereocenters. The number of carbonyl (C=O) groups excluding carboxylic acids is 3. The Morgan fingerprint density at radius 2 is 1.71 bits per heavy atom. The molecule has 11 heteroatoms. The SMILES string of the molecule is CCOC(=O)C[C@@H](NC(=O)OCc1ccccc1)[C@H](CN=[N+]=[N-])NC(=O)OC(C)(C)C. The van der Waals surface area contributed by atoms with E-state index in [1.807, 2.05) is 6.07 Å². The third-order valence-corrected chi connectivity index (χ3v) is 3.74. The second-order valence-electron chi connectivity index (χ2n) is 7.49. The van der Waals surface area contributed by atoms with Crippen LogP contribution in [0.5, 0.6) is 0 Å². The Hall–Kier alpha value is -3.46. The molecule has 170 valence electrons. The Bertz CT molecular complexity index is 774. The summed E-state index contributed by atoms with van der Waals surface area (Å²) in [6.07, 6.45) is -1.88. The largest absolute Gasteiger partial charge is 0.466 e. The van der Waals surface area contributed by atoms with E-state index in [4.69, 9.17) is 19.7 Å². The normalized spacial score (nSPS) is 12.5. The number of hydrogen-bond acceptors (Lipinski definition) is 7. The van der Waals surface area contributed by atoms with Crippen molar-refractivity contribution in [1.82, 2.24) is 10.6 Å². The molecular formula is C20H29N5O6. The maximum absolute atomic E-state index is 12.3. The van der Waals surface area contributed by atoms with Gasteiger partial charge in [-0.25, -0.2) is 9.59 Å². The van der Waals surface area contributed by atoms with Crippen molar-refractivity contribution >= 4 is 18.2 Å². The maximum atomic E-state index is 12.3. The summed E-state index contributed by atoms with van der Waals surface area (Å²) in [6.45, 7) is 6.62. The molecule has 0 bridgehead atoms. The summed E-state index contributed by atoms with van der Waals surface area (Å²) in [5, 5.41) is 8.53. The van der Waals surface area contributed by atoms with Gasteiger partial charge in [0.2, 0.25) is 0 Å². The van der Waals surface area contributed by atoms with Gasteiger partial charge >= 0.3 is 18.2 Å².